The van der Waals surface area contributed by atoms with Gasteiger partial charge in [0.1, 0.15) is 6.10 Å². The monoisotopic (exact) mass is 297 g/mol. The SMILES string of the molecule is CCC1=[NH+]C(C)(C)[C@@H]2CC[C@@H](C)C[C@H]2O1.F[B-](F)(F)F. The van der Waals surface area contributed by atoms with Gasteiger partial charge in [-0.2, -0.15) is 0 Å². The minimum absolute atomic E-state index is 0.217. The van der Waals surface area contributed by atoms with Gasteiger partial charge in [-0.25, -0.2) is 4.99 Å². The Morgan fingerprint density at radius 1 is 1.25 bits per heavy atom. The quantitative estimate of drug-likeness (QED) is 0.584. The molecule has 0 radical (unpaired) electrons. The first kappa shape index (κ1) is 17.3. The lowest BCUT2D eigenvalue weighted by molar-refractivity contribution is -0.582. The normalized spacial score (nSPS) is 32.2. The second-order valence-corrected chi connectivity index (χ2v) is 6.30. The molecular formula is C13H24BF4NO. The molecule has 2 nitrogen and oxygen atoms in total. The van der Waals surface area contributed by atoms with E-state index in [0.717, 1.165) is 18.2 Å². The fraction of sp³-hybridized carbons (Fsp3) is 0.923. The Morgan fingerprint density at radius 2 is 1.80 bits per heavy atom. The molecule has 0 bridgehead atoms. The molecule has 0 saturated heterocycles. The summed E-state index contributed by atoms with van der Waals surface area (Å²) < 4.78 is 45.1. The maximum absolute atomic E-state index is 9.75. The fourth-order valence-corrected chi connectivity index (χ4v) is 3.12. The Kier molecular flexibility index (Phi) is 5.50. The number of nitrogens with one attached hydrogen (secondary N) is 1. The van der Waals surface area contributed by atoms with Crippen LogP contribution < -0.4 is 4.99 Å². The van der Waals surface area contributed by atoms with Gasteiger partial charge in [0.15, 0.2) is 5.54 Å². The van der Waals surface area contributed by atoms with E-state index in [1.54, 1.807) is 0 Å². The van der Waals surface area contributed by atoms with Crippen LogP contribution in [0, 0.1) is 11.8 Å². The molecule has 118 valence electrons. The molecule has 1 fully saturated rings. The standard InChI is InChI=1S/C13H23NO.BF4/c1-5-12-14-13(3,4)10-7-6-9(2)8-11(10)15-12;2-1(3,4)5/h9-11H,5-8H2,1-4H3;/q;-1/p+1/t9-,10-,11-;/m1./s1. The molecule has 0 spiro atoms. The van der Waals surface area contributed by atoms with E-state index in [2.05, 4.69) is 32.7 Å². The topological polar surface area (TPSA) is 23.2 Å². The van der Waals surface area contributed by atoms with Crippen molar-refractivity contribution in [2.75, 3.05) is 0 Å². The Morgan fingerprint density at radius 3 is 2.30 bits per heavy atom. The molecule has 7 heteroatoms. The summed E-state index contributed by atoms with van der Waals surface area (Å²) in [5.74, 6) is 2.61. The fourth-order valence-electron chi connectivity index (χ4n) is 3.12. The van der Waals surface area contributed by atoms with Crippen LogP contribution in [-0.4, -0.2) is 24.8 Å². The van der Waals surface area contributed by atoms with Gasteiger partial charge in [0, 0.05) is 13.8 Å². The number of hydrogen-bond acceptors (Lipinski definition) is 1. The van der Waals surface area contributed by atoms with Gasteiger partial charge in [0.2, 0.25) is 0 Å². The molecule has 0 amide bonds. The summed E-state index contributed by atoms with van der Waals surface area (Å²) in [6, 6.07) is 0. The van der Waals surface area contributed by atoms with Gasteiger partial charge in [0.25, 0.3) is 0 Å². The van der Waals surface area contributed by atoms with Crippen LogP contribution in [0.3, 0.4) is 0 Å². The van der Waals surface area contributed by atoms with E-state index in [1.165, 1.54) is 19.3 Å². The highest BCUT2D eigenvalue weighted by molar-refractivity contribution is 6.50. The summed E-state index contributed by atoms with van der Waals surface area (Å²) >= 11 is 0. The van der Waals surface area contributed by atoms with Crippen LogP contribution in [0.5, 0.6) is 0 Å². The molecule has 0 aromatic heterocycles. The van der Waals surface area contributed by atoms with Gasteiger partial charge in [-0.3, -0.25) is 0 Å². The number of rotatable bonds is 1. The smallest absolute Gasteiger partial charge is 0.444 e. The third kappa shape index (κ3) is 5.33. The van der Waals surface area contributed by atoms with Crippen LogP contribution >= 0.6 is 0 Å². The van der Waals surface area contributed by atoms with Crippen molar-refractivity contribution >= 4 is 13.2 Å². The average molecular weight is 297 g/mol. The van der Waals surface area contributed by atoms with Crippen LogP contribution in [0.2, 0.25) is 0 Å². The minimum Gasteiger partial charge on any atom is -0.444 e. The van der Waals surface area contributed by atoms with Crippen molar-refractivity contribution in [1.29, 1.82) is 0 Å². The van der Waals surface area contributed by atoms with E-state index >= 15 is 0 Å². The third-order valence-corrected chi connectivity index (χ3v) is 4.06. The molecule has 1 aliphatic carbocycles. The molecule has 20 heavy (non-hydrogen) atoms. The van der Waals surface area contributed by atoms with Crippen molar-refractivity contribution in [3.63, 3.8) is 0 Å². The van der Waals surface area contributed by atoms with Gasteiger partial charge in [0.05, 0.1) is 12.3 Å². The highest BCUT2D eigenvalue weighted by Gasteiger charge is 2.48. The molecule has 2 aliphatic rings. The first-order valence-corrected chi connectivity index (χ1v) is 7.21. The number of fused-ring (bicyclic) bond motifs is 1. The highest BCUT2D eigenvalue weighted by Crippen LogP contribution is 2.36. The van der Waals surface area contributed by atoms with E-state index in [-0.39, 0.29) is 5.54 Å². The predicted molar refractivity (Wildman–Crippen MR) is 71.9 cm³/mol. The van der Waals surface area contributed by atoms with Gasteiger partial charge in [-0.05, 0) is 25.2 Å². The molecule has 0 unspecified atom stereocenters. The Balaban J connectivity index is 0.000000347. The number of halogens is 4. The predicted octanol–water partition coefficient (Wildman–Crippen LogP) is 2.79. The number of ether oxygens (including phenoxy) is 1. The van der Waals surface area contributed by atoms with E-state index in [4.69, 9.17) is 4.74 Å². The summed E-state index contributed by atoms with van der Waals surface area (Å²) in [6.45, 7) is 9.14. The molecule has 2 rings (SSSR count). The lowest BCUT2D eigenvalue weighted by Gasteiger charge is -2.41. The molecule has 1 heterocycles. The van der Waals surface area contributed by atoms with Gasteiger partial charge in [-0.15, -0.1) is 0 Å². The van der Waals surface area contributed by atoms with Gasteiger partial charge in [-0.1, -0.05) is 13.8 Å². The summed E-state index contributed by atoms with van der Waals surface area (Å²) in [5, 5.41) is 0. The van der Waals surface area contributed by atoms with Gasteiger partial charge < -0.3 is 22.0 Å². The summed E-state index contributed by atoms with van der Waals surface area (Å²) in [5.41, 5.74) is 0.217. The largest absolute Gasteiger partial charge is 0.673 e. The first-order chi connectivity index (χ1) is 9.03. The molecule has 3 atom stereocenters. The summed E-state index contributed by atoms with van der Waals surface area (Å²) in [6.07, 6.45) is 5.35. The van der Waals surface area contributed by atoms with E-state index < -0.39 is 7.25 Å². The van der Waals surface area contributed by atoms with Crippen LogP contribution in [0.25, 0.3) is 0 Å². The zero-order chi connectivity index (χ0) is 15.6. The van der Waals surface area contributed by atoms with Crippen LogP contribution in [0.4, 0.5) is 17.3 Å². The minimum atomic E-state index is -6.00. The maximum Gasteiger partial charge on any atom is 0.673 e. The van der Waals surface area contributed by atoms with Crippen LogP contribution in [0.15, 0.2) is 0 Å². The molecule has 1 N–H and O–H groups in total. The third-order valence-electron chi connectivity index (χ3n) is 4.06. The van der Waals surface area contributed by atoms with Crippen LogP contribution in [0.1, 0.15) is 53.4 Å². The summed E-state index contributed by atoms with van der Waals surface area (Å²) in [7, 11) is -6.00. The Hall–Kier alpha value is -0.745. The lowest BCUT2D eigenvalue weighted by Crippen LogP contribution is -2.91. The maximum atomic E-state index is 9.75. The molecule has 0 aromatic carbocycles. The first-order valence-electron chi connectivity index (χ1n) is 7.21. The van der Waals surface area contributed by atoms with Crippen molar-refractivity contribution in [3.8, 4) is 0 Å². The Bertz CT molecular complexity index is 351. The van der Waals surface area contributed by atoms with Crippen molar-refractivity contribution in [2.45, 2.75) is 65.0 Å². The van der Waals surface area contributed by atoms with Crippen LogP contribution in [-0.2, 0) is 4.74 Å². The van der Waals surface area contributed by atoms with Crippen molar-refractivity contribution in [1.82, 2.24) is 0 Å². The molecule has 1 aliphatic heterocycles. The second-order valence-electron chi connectivity index (χ2n) is 6.30. The second kappa shape index (κ2) is 6.35. The van der Waals surface area contributed by atoms with Crippen molar-refractivity contribution in [2.24, 2.45) is 11.8 Å². The summed E-state index contributed by atoms with van der Waals surface area (Å²) in [4.78, 5) is 3.55. The Labute approximate surface area is 118 Å². The zero-order valence-electron chi connectivity index (χ0n) is 12.6. The molecule has 1 saturated carbocycles. The number of hydrogen-bond donors (Lipinski definition) is 1. The van der Waals surface area contributed by atoms with E-state index in [0.29, 0.717) is 12.0 Å². The molecule has 0 aromatic rings. The zero-order valence-corrected chi connectivity index (χ0v) is 12.6. The molecular weight excluding hydrogens is 273 g/mol. The average Bonchev–Trinajstić information content (AvgIpc) is 2.24. The van der Waals surface area contributed by atoms with Gasteiger partial charge >= 0.3 is 13.2 Å². The van der Waals surface area contributed by atoms with Crippen molar-refractivity contribution < 1.29 is 27.0 Å². The van der Waals surface area contributed by atoms with Crippen molar-refractivity contribution in [3.05, 3.63) is 0 Å². The van der Waals surface area contributed by atoms with E-state index in [1.807, 2.05) is 0 Å². The van der Waals surface area contributed by atoms with E-state index in [9.17, 15) is 17.3 Å². The highest BCUT2D eigenvalue weighted by atomic mass is 19.5. The lowest BCUT2D eigenvalue weighted by atomic mass is 9.71.